The van der Waals surface area contributed by atoms with Crippen LogP contribution in [0.25, 0.3) is 11.6 Å². The first kappa shape index (κ1) is 13.5. The summed E-state index contributed by atoms with van der Waals surface area (Å²) in [6.07, 6.45) is 1.66. The Morgan fingerprint density at radius 2 is 1.95 bits per heavy atom. The van der Waals surface area contributed by atoms with Crippen molar-refractivity contribution >= 4 is 34.9 Å². The highest BCUT2D eigenvalue weighted by atomic mass is 35.5. The number of phenols is 1. The zero-order valence-electron chi connectivity index (χ0n) is 9.77. The largest absolute Gasteiger partial charge is 0.508 e. The van der Waals surface area contributed by atoms with Crippen molar-refractivity contribution in [3.8, 4) is 11.8 Å². The van der Waals surface area contributed by atoms with Crippen LogP contribution in [0, 0.1) is 11.3 Å². The highest BCUT2D eigenvalue weighted by molar-refractivity contribution is 6.36. The van der Waals surface area contributed by atoms with E-state index in [2.05, 4.69) is 6.07 Å². The molecule has 2 aromatic rings. The molecule has 19 heavy (non-hydrogen) atoms. The normalized spacial score (nSPS) is 11.1. The number of halogens is 2. The number of hydrogen-bond acceptors (Lipinski definition) is 2. The summed E-state index contributed by atoms with van der Waals surface area (Å²) in [6, 6.07) is 13.7. The smallest absolute Gasteiger partial charge is 0.116 e. The number of rotatable bonds is 2. The second-order valence-electron chi connectivity index (χ2n) is 3.89. The number of allylic oxidation sites excluding steroid dienone is 1. The fourth-order valence-electron chi connectivity index (χ4n) is 1.66. The molecule has 94 valence electrons. The summed E-state index contributed by atoms with van der Waals surface area (Å²) >= 11 is 11.9. The molecule has 0 amide bonds. The molecule has 0 fully saturated rings. The van der Waals surface area contributed by atoms with Gasteiger partial charge in [0.1, 0.15) is 5.75 Å². The van der Waals surface area contributed by atoms with E-state index >= 15 is 0 Å². The van der Waals surface area contributed by atoms with Crippen molar-refractivity contribution in [2.45, 2.75) is 0 Å². The lowest BCUT2D eigenvalue weighted by Crippen LogP contribution is -1.84. The average Bonchev–Trinajstić information content (AvgIpc) is 2.37. The second kappa shape index (κ2) is 5.79. The zero-order chi connectivity index (χ0) is 13.8. The van der Waals surface area contributed by atoms with Crippen LogP contribution in [0.15, 0.2) is 42.5 Å². The fourth-order valence-corrected chi connectivity index (χ4v) is 2.17. The molecule has 0 aliphatic carbocycles. The molecular weight excluding hydrogens is 281 g/mol. The summed E-state index contributed by atoms with van der Waals surface area (Å²) in [7, 11) is 0. The van der Waals surface area contributed by atoms with Gasteiger partial charge in [-0.3, -0.25) is 0 Å². The summed E-state index contributed by atoms with van der Waals surface area (Å²) < 4.78 is 0. The number of benzene rings is 2. The van der Waals surface area contributed by atoms with Gasteiger partial charge in [0, 0.05) is 10.6 Å². The Morgan fingerprint density at radius 1 is 1.16 bits per heavy atom. The fraction of sp³-hybridized carbons (Fsp3) is 0. The Hall–Kier alpha value is -1.95. The maximum Gasteiger partial charge on any atom is 0.116 e. The lowest BCUT2D eigenvalue weighted by atomic mass is 10.0. The van der Waals surface area contributed by atoms with Crippen molar-refractivity contribution in [2.75, 3.05) is 0 Å². The van der Waals surface area contributed by atoms with Crippen molar-refractivity contribution in [2.24, 2.45) is 0 Å². The van der Waals surface area contributed by atoms with Crippen LogP contribution < -0.4 is 0 Å². The minimum atomic E-state index is 0.147. The standard InChI is InChI=1S/C15H9Cl2NO/c16-12-4-5-14(15(17)8-12)11(9-18)6-10-2-1-3-13(19)7-10/h1-8,19H/b11-6+. The third kappa shape index (κ3) is 3.29. The lowest BCUT2D eigenvalue weighted by molar-refractivity contribution is 0.475. The quantitative estimate of drug-likeness (QED) is 0.640. The maximum absolute atomic E-state index is 9.40. The third-order valence-electron chi connectivity index (χ3n) is 2.52. The summed E-state index contributed by atoms with van der Waals surface area (Å²) in [5.41, 5.74) is 1.74. The number of aromatic hydroxyl groups is 1. The van der Waals surface area contributed by atoms with Crippen LogP contribution in [0.3, 0.4) is 0 Å². The van der Waals surface area contributed by atoms with E-state index in [1.165, 1.54) is 0 Å². The molecule has 0 atom stereocenters. The van der Waals surface area contributed by atoms with Crippen LogP contribution in [-0.2, 0) is 0 Å². The first-order chi connectivity index (χ1) is 9.10. The third-order valence-corrected chi connectivity index (χ3v) is 3.07. The van der Waals surface area contributed by atoms with Gasteiger partial charge in [-0.05, 0) is 35.9 Å². The van der Waals surface area contributed by atoms with E-state index in [1.807, 2.05) is 0 Å². The van der Waals surface area contributed by atoms with Gasteiger partial charge in [0.15, 0.2) is 0 Å². The highest BCUT2D eigenvalue weighted by Gasteiger charge is 2.07. The summed E-state index contributed by atoms with van der Waals surface area (Å²) in [4.78, 5) is 0. The number of nitriles is 1. The number of nitrogens with zero attached hydrogens (tertiary/aromatic N) is 1. The molecule has 0 unspecified atom stereocenters. The van der Waals surface area contributed by atoms with Crippen molar-refractivity contribution in [1.29, 1.82) is 5.26 Å². The maximum atomic E-state index is 9.40. The molecule has 0 radical (unpaired) electrons. The second-order valence-corrected chi connectivity index (χ2v) is 4.73. The Labute approximate surface area is 121 Å². The molecule has 1 N–H and O–H groups in total. The van der Waals surface area contributed by atoms with Crippen LogP contribution in [0.5, 0.6) is 5.75 Å². The molecule has 0 saturated heterocycles. The summed E-state index contributed by atoms with van der Waals surface area (Å²) in [6.45, 7) is 0. The van der Waals surface area contributed by atoms with Gasteiger partial charge in [0.2, 0.25) is 0 Å². The monoisotopic (exact) mass is 289 g/mol. The van der Waals surface area contributed by atoms with Gasteiger partial charge in [0.05, 0.1) is 16.7 Å². The molecule has 2 rings (SSSR count). The number of hydrogen-bond donors (Lipinski definition) is 1. The van der Waals surface area contributed by atoms with E-state index in [4.69, 9.17) is 23.2 Å². The molecule has 0 bridgehead atoms. The van der Waals surface area contributed by atoms with Gasteiger partial charge in [0.25, 0.3) is 0 Å². The van der Waals surface area contributed by atoms with Crippen molar-refractivity contribution in [3.63, 3.8) is 0 Å². The van der Waals surface area contributed by atoms with Gasteiger partial charge in [-0.15, -0.1) is 0 Å². The van der Waals surface area contributed by atoms with Gasteiger partial charge in [-0.25, -0.2) is 0 Å². The molecule has 2 aromatic carbocycles. The van der Waals surface area contributed by atoms with E-state index in [0.29, 0.717) is 21.2 Å². The lowest BCUT2D eigenvalue weighted by Gasteiger charge is -2.03. The van der Waals surface area contributed by atoms with E-state index in [9.17, 15) is 10.4 Å². The van der Waals surface area contributed by atoms with Crippen LogP contribution >= 0.6 is 23.2 Å². The van der Waals surface area contributed by atoms with E-state index in [1.54, 1.807) is 48.5 Å². The molecule has 0 aromatic heterocycles. The molecule has 0 aliphatic rings. The minimum Gasteiger partial charge on any atom is -0.508 e. The molecule has 0 heterocycles. The Morgan fingerprint density at radius 3 is 2.58 bits per heavy atom. The predicted octanol–water partition coefficient (Wildman–Crippen LogP) is 4.76. The molecule has 4 heteroatoms. The molecule has 0 spiro atoms. The van der Waals surface area contributed by atoms with Gasteiger partial charge in [-0.1, -0.05) is 41.4 Å². The predicted molar refractivity (Wildman–Crippen MR) is 78.1 cm³/mol. The molecule has 0 aliphatic heterocycles. The van der Waals surface area contributed by atoms with Crippen molar-refractivity contribution < 1.29 is 5.11 Å². The first-order valence-corrected chi connectivity index (χ1v) is 6.22. The van der Waals surface area contributed by atoms with E-state index in [0.717, 1.165) is 5.56 Å². The van der Waals surface area contributed by atoms with Gasteiger partial charge < -0.3 is 5.11 Å². The Kier molecular flexibility index (Phi) is 4.11. The van der Waals surface area contributed by atoms with Crippen LogP contribution in [-0.4, -0.2) is 5.11 Å². The van der Waals surface area contributed by atoms with Crippen molar-refractivity contribution in [3.05, 3.63) is 63.6 Å². The Bertz CT molecular complexity index is 687. The first-order valence-electron chi connectivity index (χ1n) is 5.46. The van der Waals surface area contributed by atoms with Gasteiger partial charge in [-0.2, -0.15) is 5.26 Å². The Balaban J connectivity index is 2.48. The minimum absolute atomic E-state index is 0.147. The molecule has 2 nitrogen and oxygen atoms in total. The van der Waals surface area contributed by atoms with Crippen LogP contribution in [0.4, 0.5) is 0 Å². The SMILES string of the molecule is N#C/C(=C\c1cccc(O)c1)c1ccc(Cl)cc1Cl. The zero-order valence-corrected chi connectivity index (χ0v) is 11.3. The van der Waals surface area contributed by atoms with E-state index < -0.39 is 0 Å². The van der Waals surface area contributed by atoms with Gasteiger partial charge >= 0.3 is 0 Å². The van der Waals surface area contributed by atoms with Crippen molar-refractivity contribution in [1.82, 2.24) is 0 Å². The summed E-state index contributed by atoms with van der Waals surface area (Å²) in [5.74, 6) is 0.147. The molecular formula is C15H9Cl2NO. The van der Waals surface area contributed by atoms with E-state index in [-0.39, 0.29) is 5.75 Å². The topological polar surface area (TPSA) is 44.0 Å². The van der Waals surface area contributed by atoms with Crippen LogP contribution in [0.2, 0.25) is 10.0 Å². The average molecular weight is 290 g/mol. The summed E-state index contributed by atoms with van der Waals surface area (Å²) in [5, 5.41) is 19.6. The highest BCUT2D eigenvalue weighted by Crippen LogP contribution is 2.28. The van der Waals surface area contributed by atoms with Crippen LogP contribution in [0.1, 0.15) is 11.1 Å². The number of phenolic OH excluding ortho intramolecular Hbond substituents is 1. The molecule has 0 saturated carbocycles.